The molecule has 6 unspecified atom stereocenters. The number of hydrogen-bond acceptors (Lipinski definition) is 10. The minimum absolute atomic E-state index is 0.218. The Balaban J connectivity index is 2.14. The summed E-state index contributed by atoms with van der Waals surface area (Å²) >= 11 is 0. The van der Waals surface area contributed by atoms with E-state index in [-0.39, 0.29) is 26.1 Å². The highest BCUT2D eigenvalue weighted by atomic mass is 16.7. The van der Waals surface area contributed by atoms with E-state index < -0.39 is 55.4 Å². The summed E-state index contributed by atoms with van der Waals surface area (Å²) in [7, 11) is 0. The highest BCUT2D eigenvalue weighted by Gasteiger charge is 2.44. The molecule has 0 bridgehead atoms. The van der Waals surface area contributed by atoms with Crippen LogP contribution < -0.4 is 0 Å². The molecule has 0 spiro atoms. The molecular formula is C41H76O10. The number of aliphatic hydroxyl groups excluding tert-OH is 4. The van der Waals surface area contributed by atoms with Crippen LogP contribution in [0.2, 0.25) is 0 Å². The van der Waals surface area contributed by atoms with E-state index in [2.05, 4.69) is 19.1 Å². The van der Waals surface area contributed by atoms with E-state index in [1.165, 1.54) is 109 Å². The third-order valence-corrected chi connectivity index (χ3v) is 9.65. The second kappa shape index (κ2) is 33.0. The molecule has 0 aromatic rings. The van der Waals surface area contributed by atoms with Gasteiger partial charge < -0.3 is 39.4 Å². The normalized spacial score (nSPS) is 21.3. The van der Waals surface area contributed by atoms with Crippen LogP contribution in [0.25, 0.3) is 0 Å². The van der Waals surface area contributed by atoms with Gasteiger partial charge in [-0.2, -0.15) is 0 Å². The van der Waals surface area contributed by atoms with E-state index in [9.17, 15) is 30.0 Å². The average Bonchev–Trinajstić information content (AvgIpc) is 3.12. The number of carbonyl (C=O) groups is 2. The van der Waals surface area contributed by atoms with Crippen molar-refractivity contribution in [3.8, 4) is 0 Å². The predicted octanol–water partition coefficient (Wildman–Crippen LogP) is 8.00. The first-order chi connectivity index (χ1) is 24.8. The average molecular weight is 729 g/mol. The van der Waals surface area contributed by atoms with Crippen molar-refractivity contribution in [1.29, 1.82) is 0 Å². The molecule has 300 valence electrons. The molecule has 0 radical (unpaired) electrons. The first-order valence-electron chi connectivity index (χ1n) is 20.8. The van der Waals surface area contributed by atoms with Gasteiger partial charge in [-0.15, -0.1) is 0 Å². The minimum atomic E-state index is -1.59. The Morgan fingerprint density at radius 3 is 1.57 bits per heavy atom. The minimum Gasteiger partial charge on any atom is -0.462 e. The highest BCUT2D eigenvalue weighted by Crippen LogP contribution is 2.22. The summed E-state index contributed by atoms with van der Waals surface area (Å²) in [6, 6.07) is 0. The van der Waals surface area contributed by atoms with E-state index >= 15 is 0 Å². The lowest BCUT2D eigenvalue weighted by Crippen LogP contribution is -2.59. The molecule has 6 atom stereocenters. The summed E-state index contributed by atoms with van der Waals surface area (Å²) in [5, 5.41) is 39.7. The molecule has 1 fully saturated rings. The molecule has 10 heteroatoms. The zero-order valence-corrected chi connectivity index (χ0v) is 32.4. The lowest BCUT2D eigenvalue weighted by molar-refractivity contribution is -0.305. The molecule has 4 N–H and O–H groups in total. The van der Waals surface area contributed by atoms with E-state index in [0.717, 1.165) is 32.1 Å². The van der Waals surface area contributed by atoms with E-state index in [1.807, 2.05) is 6.92 Å². The van der Waals surface area contributed by atoms with Crippen molar-refractivity contribution in [2.45, 2.75) is 218 Å². The van der Waals surface area contributed by atoms with Crippen molar-refractivity contribution in [3.05, 3.63) is 12.2 Å². The summed E-state index contributed by atoms with van der Waals surface area (Å²) in [6.45, 7) is 3.24. The van der Waals surface area contributed by atoms with Crippen molar-refractivity contribution in [1.82, 2.24) is 0 Å². The Kier molecular flexibility index (Phi) is 30.7. The lowest BCUT2D eigenvalue weighted by Gasteiger charge is -2.39. The van der Waals surface area contributed by atoms with E-state index in [4.69, 9.17) is 18.9 Å². The summed E-state index contributed by atoms with van der Waals surface area (Å²) < 4.78 is 21.8. The smallest absolute Gasteiger partial charge is 0.306 e. The molecule has 10 nitrogen and oxygen atoms in total. The van der Waals surface area contributed by atoms with Gasteiger partial charge in [-0.3, -0.25) is 9.59 Å². The van der Waals surface area contributed by atoms with Gasteiger partial charge in [0.2, 0.25) is 0 Å². The SMILES string of the molecule is CCCCCCCCCC/C=C\CCCCCCCCCCCCCC(=O)OC(COC(=O)CCCCC)COC1OC(CO)C(O)C(O)C1O. The molecule has 1 saturated heterocycles. The zero-order valence-electron chi connectivity index (χ0n) is 32.4. The van der Waals surface area contributed by atoms with Gasteiger partial charge in [-0.25, -0.2) is 0 Å². The predicted molar refractivity (Wildman–Crippen MR) is 201 cm³/mol. The second-order valence-electron chi connectivity index (χ2n) is 14.4. The van der Waals surface area contributed by atoms with Crippen LogP contribution in [-0.2, 0) is 28.5 Å². The van der Waals surface area contributed by atoms with Gasteiger partial charge in [0, 0.05) is 12.8 Å². The molecule has 51 heavy (non-hydrogen) atoms. The Labute approximate surface area is 310 Å². The molecule has 1 heterocycles. The number of unbranched alkanes of at least 4 members (excludes halogenated alkanes) is 21. The van der Waals surface area contributed by atoms with Gasteiger partial charge in [-0.05, 0) is 38.5 Å². The van der Waals surface area contributed by atoms with Crippen LogP contribution in [0.3, 0.4) is 0 Å². The molecule has 1 aliphatic heterocycles. The van der Waals surface area contributed by atoms with Crippen molar-refractivity contribution in [2.24, 2.45) is 0 Å². The molecule has 0 saturated carbocycles. The maximum Gasteiger partial charge on any atom is 0.306 e. The zero-order chi connectivity index (χ0) is 37.4. The molecule has 1 aliphatic rings. The number of rotatable bonds is 34. The summed E-state index contributed by atoms with van der Waals surface area (Å²) in [5.41, 5.74) is 0. The molecule has 1 rings (SSSR count). The van der Waals surface area contributed by atoms with Crippen LogP contribution in [0.1, 0.15) is 181 Å². The largest absolute Gasteiger partial charge is 0.462 e. The van der Waals surface area contributed by atoms with E-state index in [0.29, 0.717) is 12.8 Å². The van der Waals surface area contributed by atoms with Gasteiger partial charge in [0.25, 0.3) is 0 Å². The fourth-order valence-electron chi connectivity index (χ4n) is 6.30. The van der Waals surface area contributed by atoms with Crippen LogP contribution >= 0.6 is 0 Å². The standard InChI is InChI=1S/C41H76O10/c1-3-5-7-8-9-10-11-12-13-14-15-16-17-18-19-20-21-22-23-24-25-26-28-30-37(44)50-34(32-48-36(43)29-27-6-4-2)33-49-41-40(47)39(46)38(45)35(31-42)51-41/h14-15,34-35,38-42,45-47H,3-13,16-33H2,1-2H3/b15-14-. The Morgan fingerprint density at radius 2 is 1.04 bits per heavy atom. The molecule has 0 aliphatic carbocycles. The highest BCUT2D eigenvalue weighted by molar-refractivity contribution is 5.70. The summed E-state index contributed by atoms with van der Waals surface area (Å²) in [5.74, 6) is -0.831. The first-order valence-corrected chi connectivity index (χ1v) is 20.8. The van der Waals surface area contributed by atoms with Crippen molar-refractivity contribution in [3.63, 3.8) is 0 Å². The number of aliphatic hydroxyl groups is 4. The van der Waals surface area contributed by atoms with Gasteiger partial charge in [0.05, 0.1) is 13.2 Å². The Hall–Kier alpha value is -1.56. The fraction of sp³-hybridized carbons (Fsp3) is 0.902. The second-order valence-corrected chi connectivity index (χ2v) is 14.4. The van der Waals surface area contributed by atoms with E-state index in [1.54, 1.807) is 0 Å². The van der Waals surface area contributed by atoms with Crippen LogP contribution in [0.5, 0.6) is 0 Å². The number of ether oxygens (including phenoxy) is 4. The van der Waals surface area contributed by atoms with Crippen molar-refractivity contribution in [2.75, 3.05) is 19.8 Å². The van der Waals surface area contributed by atoms with Crippen molar-refractivity contribution >= 4 is 11.9 Å². The quantitative estimate of drug-likeness (QED) is 0.0291. The number of hydrogen-bond donors (Lipinski definition) is 4. The summed E-state index contributed by atoms with van der Waals surface area (Å²) in [6.07, 6.45) is 26.1. The third kappa shape index (κ3) is 25.2. The van der Waals surface area contributed by atoms with Crippen LogP contribution in [0.4, 0.5) is 0 Å². The fourth-order valence-corrected chi connectivity index (χ4v) is 6.30. The molecular weight excluding hydrogens is 652 g/mol. The van der Waals surface area contributed by atoms with Gasteiger partial charge >= 0.3 is 11.9 Å². The Morgan fingerprint density at radius 1 is 0.588 bits per heavy atom. The monoisotopic (exact) mass is 729 g/mol. The van der Waals surface area contributed by atoms with Crippen LogP contribution in [0, 0.1) is 0 Å². The number of allylic oxidation sites excluding steroid dienone is 2. The number of carbonyl (C=O) groups excluding carboxylic acids is 2. The molecule has 0 aromatic carbocycles. The van der Waals surface area contributed by atoms with Gasteiger partial charge in [-0.1, -0.05) is 142 Å². The maximum atomic E-state index is 12.6. The summed E-state index contributed by atoms with van der Waals surface area (Å²) in [4.78, 5) is 24.8. The maximum absolute atomic E-state index is 12.6. The van der Waals surface area contributed by atoms with Crippen LogP contribution in [-0.4, -0.2) is 89.0 Å². The van der Waals surface area contributed by atoms with Crippen LogP contribution in [0.15, 0.2) is 12.2 Å². The third-order valence-electron chi connectivity index (χ3n) is 9.65. The Bertz CT molecular complexity index is 850. The topological polar surface area (TPSA) is 152 Å². The first kappa shape index (κ1) is 47.5. The van der Waals surface area contributed by atoms with Gasteiger partial charge in [0.15, 0.2) is 12.4 Å². The lowest BCUT2D eigenvalue weighted by atomic mass is 9.99. The van der Waals surface area contributed by atoms with Crippen molar-refractivity contribution < 1.29 is 49.0 Å². The van der Waals surface area contributed by atoms with Gasteiger partial charge in [0.1, 0.15) is 31.0 Å². The molecule has 0 aromatic heterocycles. The number of esters is 2. The molecule has 0 amide bonds.